The maximum absolute atomic E-state index is 4.72. The van der Waals surface area contributed by atoms with Crippen LogP contribution < -0.4 is 5.72 Å². The van der Waals surface area contributed by atoms with Gasteiger partial charge in [-0.15, -0.1) is 0 Å². The van der Waals surface area contributed by atoms with Gasteiger partial charge in [0, 0.05) is 24.5 Å². The Morgan fingerprint density at radius 2 is 1.38 bits per heavy atom. The first-order valence-electron chi connectivity index (χ1n) is 14.2. The Kier molecular flexibility index (Phi) is 9.80. The fraction of sp³-hybridized carbons (Fsp3) is 0.139. The highest BCUT2D eigenvalue weighted by molar-refractivity contribution is 6.73. The van der Waals surface area contributed by atoms with Crippen molar-refractivity contribution in [3.8, 4) is 0 Å². The second kappa shape index (κ2) is 14.3. The van der Waals surface area contributed by atoms with Crippen molar-refractivity contribution < 1.29 is 0 Å². The van der Waals surface area contributed by atoms with Crippen LogP contribution in [0.2, 0.25) is 5.54 Å². The molecule has 0 aliphatic heterocycles. The summed E-state index contributed by atoms with van der Waals surface area (Å²) in [6, 6.07) is 42.8. The first kappa shape index (κ1) is 27.4. The molecule has 197 valence electrons. The topological polar surface area (TPSA) is 17.8 Å². The zero-order valence-corrected chi connectivity index (χ0v) is 24.6. The summed E-state index contributed by atoms with van der Waals surface area (Å²) in [6.07, 6.45) is 13.2. The second-order valence-corrected chi connectivity index (χ2v) is 12.6. The second-order valence-electron chi connectivity index (χ2n) is 10.3. The van der Waals surface area contributed by atoms with Crippen LogP contribution in [0, 0.1) is 0 Å². The lowest BCUT2D eigenvalue weighted by Crippen LogP contribution is -2.29. The molecule has 4 heteroatoms. The number of rotatable bonds is 12. The average molecular weight is 536 g/mol. The largest absolute Gasteiger partial charge is 0.347 e. The third-order valence-corrected chi connectivity index (χ3v) is 9.25. The summed E-state index contributed by atoms with van der Waals surface area (Å²) in [5, 5.41) is 0. The minimum absolute atomic E-state index is 0.382. The van der Waals surface area contributed by atoms with Crippen LogP contribution in [0.1, 0.15) is 41.5 Å². The lowest BCUT2D eigenvalue weighted by Gasteiger charge is -2.17. The van der Waals surface area contributed by atoms with Crippen molar-refractivity contribution in [3.63, 3.8) is 0 Å². The van der Waals surface area contributed by atoms with Gasteiger partial charge in [-0.05, 0) is 34.2 Å². The van der Waals surface area contributed by atoms with Crippen LogP contribution in [0.5, 0.6) is 0 Å². The van der Waals surface area contributed by atoms with E-state index in [9.17, 15) is 0 Å². The van der Waals surface area contributed by atoms with E-state index in [2.05, 4.69) is 165 Å². The van der Waals surface area contributed by atoms with Crippen LogP contribution in [0.4, 0.5) is 0 Å². The predicted molar refractivity (Wildman–Crippen MR) is 175 cm³/mol. The molecule has 5 aromatic rings. The molecule has 0 N–H and O–H groups in total. The number of nitrogens with zero attached hydrogens (tertiary/aromatic N) is 2. The molecule has 0 saturated heterocycles. The molecule has 2 nitrogen and oxygen atoms in total. The van der Waals surface area contributed by atoms with Crippen molar-refractivity contribution in [2.24, 2.45) is 0 Å². The predicted octanol–water partition coefficient (Wildman–Crippen LogP) is 7.12. The van der Waals surface area contributed by atoms with Crippen LogP contribution in [-0.4, -0.2) is 26.4 Å². The Hall–Kier alpha value is -4.15. The molecule has 0 aliphatic carbocycles. The summed E-state index contributed by atoms with van der Waals surface area (Å²) in [7, 11) is 1.84. The van der Waals surface area contributed by atoms with E-state index in [4.69, 9.17) is 4.98 Å². The quantitative estimate of drug-likeness (QED) is 0.0945. The van der Waals surface area contributed by atoms with E-state index in [1.54, 1.807) is 0 Å². The van der Waals surface area contributed by atoms with Gasteiger partial charge in [0.2, 0.25) is 7.28 Å². The van der Waals surface area contributed by atoms with Crippen LogP contribution in [0.15, 0.2) is 146 Å². The Morgan fingerprint density at radius 1 is 0.800 bits per heavy atom. The minimum atomic E-state index is -0.382. The highest BCUT2D eigenvalue weighted by Gasteiger charge is 2.14. The number of benzene rings is 4. The van der Waals surface area contributed by atoms with E-state index in [-0.39, 0.29) is 9.52 Å². The smallest absolute Gasteiger partial charge is 0.241 e. The van der Waals surface area contributed by atoms with Crippen LogP contribution in [0.3, 0.4) is 0 Å². The fourth-order valence-electron chi connectivity index (χ4n) is 5.08. The number of imidazole rings is 1. The van der Waals surface area contributed by atoms with Crippen LogP contribution >= 0.6 is 0 Å². The molecule has 0 bridgehead atoms. The molecule has 1 aromatic heterocycles. The van der Waals surface area contributed by atoms with Crippen LogP contribution in [-0.2, 0) is 6.17 Å². The van der Waals surface area contributed by atoms with Crippen molar-refractivity contribution in [2.45, 2.75) is 31.0 Å². The first-order valence-corrected chi connectivity index (χ1v) is 16.0. The SMILES string of the molecule is CC(C=CCC(c1ccccc1)c1ccccc1)[SiH2]Cn1ccnc1[B]C(=Cc1ccccc1)c1ccccc1. The molecule has 4 aromatic carbocycles. The number of allylic oxidation sites excluding steroid dienone is 2. The molecule has 5 rings (SSSR count). The third-order valence-electron chi connectivity index (χ3n) is 7.33. The zero-order chi connectivity index (χ0) is 27.4. The molecule has 0 aliphatic rings. The number of hydrogen-bond donors (Lipinski definition) is 0. The molecule has 0 saturated carbocycles. The van der Waals surface area contributed by atoms with Gasteiger partial charge in [-0.1, -0.05) is 152 Å². The molecule has 1 radical (unpaired) electrons. The lowest BCUT2D eigenvalue weighted by molar-refractivity contribution is 0.825. The molecule has 0 fully saturated rings. The van der Waals surface area contributed by atoms with Gasteiger partial charge >= 0.3 is 0 Å². The Bertz CT molecular complexity index is 1460. The molecule has 1 heterocycles. The third kappa shape index (κ3) is 7.71. The summed E-state index contributed by atoms with van der Waals surface area (Å²) in [5.74, 6) is 0.384. The Labute approximate surface area is 242 Å². The van der Waals surface area contributed by atoms with Crippen molar-refractivity contribution in [1.29, 1.82) is 0 Å². The van der Waals surface area contributed by atoms with Gasteiger partial charge in [-0.3, -0.25) is 4.98 Å². The molecule has 0 spiro atoms. The number of aromatic nitrogens is 2. The summed E-state index contributed by atoms with van der Waals surface area (Å²) in [6.45, 7) is 2.37. The monoisotopic (exact) mass is 535 g/mol. The molecular weight excluding hydrogens is 499 g/mol. The Morgan fingerprint density at radius 3 is 2.00 bits per heavy atom. The van der Waals surface area contributed by atoms with Gasteiger partial charge in [0.25, 0.3) is 0 Å². The zero-order valence-electron chi connectivity index (χ0n) is 23.2. The van der Waals surface area contributed by atoms with Gasteiger partial charge in [0.15, 0.2) is 0 Å². The summed E-state index contributed by atoms with van der Waals surface area (Å²) in [5.41, 5.74) is 7.92. The summed E-state index contributed by atoms with van der Waals surface area (Å²) >= 11 is 0. The first-order chi connectivity index (χ1) is 19.8. The summed E-state index contributed by atoms with van der Waals surface area (Å²) < 4.78 is 2.33. The number of hydrogen-bond acceptors (Lipinski definition) is 1. The fourth-order valence-corrected chi connectivity index (χ4v) is 6.53. The van der Waals surface area contributed by atoms with E-state index in [1.165, 1.54) is 27.7 Å². The van der Waals surface area contributed by atoms with Crippen molar-refractivity contribution in [3.05, 3.63) is 168 Å². The van der Waals surface area contributed by atoms with Gasteiger partial charge < -0.3 is 4.57 Å². The lowest BCUT2D eigenvalue weighted by atomic mass is 9.65. The highest BCUT2D eigenvalue weighted by atomic mass is 28.2. The van der Waals surface area contributed by atoms with Crippen LogP contribution in [0.25, 0.3) is 11.5 Å². The normalized spacial score (nSPS) is 12.9. The maximum atomic E-state index is 4.72. The van der Waals surface area contributed by atoms with Crippen molar-refractivity contribution >= 4 is 34.1 Å². The molecule has 0 amide bonds. The molecule has 1 atom stereocenters. The average Bonchev–Trinajstić information content (AvgIpc) is 3.46. The van der Waals surface area contributed by atoms with E-state index < -0.39 is 0 Å². The Balaban J connectivity index is 1.23. The molecular formula is C36H36BN2Si. The maximum Gasteiger partial charge on any atom is 0.241 e. The highest BCUT2D eigenvalue weighted by Crippen LogP contribution is 2.28. The van der Waals surface area contributed by atoms with Crippen molar-refractivity contribution in [1.82, 2.24) is 9.55 Å². The molecule has 40 heavy (non-hydrogen) atoms. The van der Waals surface area contributed by atoms with E-state index in [0.29, 0.717) is 11.5 Å². The standard InChI is InChI=1S/C36H36BN2Si/c1-29(15-14-24-34(31-18-8-3-9-19-31)32-20-10-4-11-21-32)40-28-39-26-25-38-36(39)37-35(33-22-12-5-13-23-33)27-30-16-6-2-7-17-30/h2-23,25-27,29,34H,24,28,40H2,1H3. The minimum Gasteiger partial charge on any atom is -0.347 e. The van der Waals surface area contributed by atoms with E-state index >= 15 is 0 Å². The van der Waals surface area contributed by atoms with Gasteiger partial charge in [-0.2, -0.15) is 0 Å². The van der Waals surface area contributed by atoms with E-state index in [1.807, 2.05) is 6.20 Å². The molecule has 1 unspecified atom stereocenters. The van der Waals surface area contributed by atoms with Gasteiger partial charge in [-0.25, -0.2) is 0 Å². The summed E-state index contributed by atoms with van der Waals surface area (Å²) in [4.78, 5) is 4.72. The van der Waals surface area contributed by atoms with E-state index in [0.717, 1.165) is 18.3 Å². The van der Waals surface area contributed by atoms with Gasteiger partial charge in [0.05, 0.1) is 15.2 Å². The van der Waals surface area contributed by atoms with Crippen molar-refractivity contribution in [2.75, 3.05) is 0 Å². The van der Waals surface area contributed by atoms with Gasteiger partial charge in [0.1, 0.15) is 0 Å².